The van der Waals surface area contributed by atoms with Crippen LogP contribution in [-0.4, -0.2) is 34.5 Å². The molecule has 2 N–H and O–H groups in total. The minimum atomic E-state index is -0.399. The Hall–Kier alpha value is -3.03. The number of hydrazone groups is 1. The lowest BCUT2D eigenvalue weighted by Crippen LogP contribution is -2.10. The summed E-state index contributed by atoms with van der Waals surface area (Å²) >= 11 is 0. The van der Waals surface area contributed by atoms with Gasteiger partial charge in [-0.15, -0.1) is 10.2 Å². The molecule has 0 saturated heterocycles. The van der Waals surface area contributed by atoms with Gasteiger partial charge in [0.05, 0.1) is 18.9 Å². The number of carbonyl (C=O) groups excluding carboxylic acids is 1. The Morgan fingerprint density at radius 2 is 2.15 bits per heavy atom. The van der Waals surface area contributed by atoms with Crippen molar-refractivity contribution in [2.24, 2.45) is 5.10 Å². The van der Waals surface area contributed by atoms with Gasteiger partial charge in [-0.25, -0.2) is 10.2 Å². The number of anilines is 1. The number of aromatic nitrogens is 3. The first-order chi connectivity index (χ1) is 9.69. The Morgan fingerprint density at radius 3 is 2.80 bits per heavy atom. The summed E-state index contributed by atoms with van der Waals surface area (Å²) in [5.74, 6) is -0.260. The minimum absolute atomic E-state index is 0.139. The van der Waals surface area contributed by atoms with E-state index in [4.69, 9.17) is 0 Å². The van der Waals surface area contributed by atoms with E-state index in [0.717, 1.165) is 11.8 Å². The van der Waals surface area contributed by atoms with Crippen molar-refractivity contribution in [1.29, 1.82) is 0 Å². The van der Waals surface area contributed by atoms with Gasteiger partial charge in [0.25, 0.3) is 5.56 Å². The molecule has 1 aromatic carbocycles. The first-order valence-electron chi connectivity index (χ1n) is 5.58. The molecule has 0 bridgehead atoms. The molecule has 0 aliphatic rings. The van der Waals surface area contributed by atoms with Crippen LogP contribution >= 0.6 is 0 Å². The van der Waals surface area contributed by atoms with Crippen LogP contribution < -0.4 is 11.0 Å². The quantitative estimate of drug-likeness (QED) is 0.474. The third-order valence-corrected chi connectivity index (χ3v) is 2.29. The maximum absolute atomic E-state index is 11.2. The molecule has 1 heterocycles. The van der Waals surface area contributed by atoms with Gasteiger partial charge in [0.2, 0.25) is 5.95 Å². The summed E-state index contributed by atoms with van der Waals surface area (Å²) in [6.45, 7) is 0. The molecule has 20 heavy (non-hydrogen) atoms. The van der Waals surface area contributed by atoms with Crippen LogP contribution in [0, 0.1) is 0 Å². The number of methoxy groups -OCH3 is 1. The van der Waals surface area contributed by atoms with Crippen LogP contribution in [0.15, 0.2) is 40.4 Å². The Morgan fingerprint density at radius 1 is 1.40 bits per heavy atom. The number of H-pyrrole nitrogens is 1. The van der Waals surface area contributed by atoms with Crippen molar-refractivity contribution in [2.45, 2.75) is 0 Å². The highest BCUT2D eigenvalue weighted by atomic mass is 16.5. The summed E-state index contributed by atoms with van der Waals surface area (Å²) in [7, 11) is 1.32. The number of nitrogens with zero attached hydrogens (tertiary/aromatic N) is 3. The largest absolute Gasteiger partial charge is 0.465 e. The molecule has 0 amide bonds. The highest BCUT2D eigenvalue weighted by Gasteiger charge is 2.03. The van der Waals surface area contributed by atoms with Gasteiger partial charge >= 0.3 is 5.97 Å². The fourth-order valence-electron chi connectivity index (χ4n) is 1.35. The lowest BCUT2D eigenvalue weighted by atomic mass is 10.1. The van der Waals surface area contributed by atoms with E-state index in [1.54, 1.807) is 24.3 Å². The smallest absolute Gasteiger partial charge is 0.337 e. The highest BCUT2D eigenvalue weighted by molar-refractivity contribution is 5.90. The van der Waals surface area contributed by atoms with E-state index >= 15 is 0 Å². The Balaban J connectivity index is 2.01. The van der Waals surface area contributed by atoms with E-state index in [1.165, 1.54) is 13.3 Å². The number of aromatic amines is 1. The second-order valence-electron chi connectivity index (χ2n) is 3.67. The summed E-state index contributed by atoms with van der Waals surface area (Å²) < 4.78 is 4.59. The van der Waals surface area contributed by atoms with E-state index in [2.05, 4.69) is 30.4 Å². The number of esters is 1. The Kier molecular flexibility index (Phi) is 4.17. The van der Waals surface area contributed by atoms with E-state index in [-0.39, 0.29) is 11.5 Å². The normalized spacial score (nSPS) is 10.4. The molecular weight excluding hydrogens is 262 g/mol. The molecule has 0 atom stereocenters. The minimum Gasteiger partial charge on any atom is -0.465 e. The van der Waals surface area contributed by atoms with Crippen molar-refractivity contribution in [3.05, 3.63) is 51.9 Å². The summed E-state index contributed by atoms with van der Waals surface area (Å²) in [5, 5.41) is 11.0. The van der Waals surface area contributed by atoms with Gasteiger partial charge in [0, 0.05) is 0 Å². The summed E-state index contributed by atoms with van der Waals surface area (Å²) in [6.07, 6.45) is 2.56. The van der Waals surface area contributed by atoms with Gasteiger partial charge in [-0.3, -0.25) is 9.78 Å². The van der Waals surface area contributed by atoms with Gasteiger partial charge in [-0.1, -0.05) is 12.1 Å². The van der Waals surface area contributed by atoms with Gasteiger partial charge in [-0.2, -0.15) is 5.10 Å². The zero-order chi connectivity index (χ0) is 14.4. The van der Waals surface area contributed by atoms with E-state index in [9.17, 15) is 9.59 Å². The zero-order valence-corrected chi connectivity index (χ0v) is 10.5. The van der Waals surface area contributed by atoms with Gasteiger partial charge in [-0.05, 0) is 17.7 Å². The number of nitrogens with one attached hydrogen (secondary N) is 2. The molecule has 8 heteroatoms. The van der Waals surface area contributed by atoms with Crippen molar-refractivity contribution >= 4 is 18.1 Å². The Bertz CT molecular complexity index is 678. The predicted molar refractivity (Wildman–Crippen MR) is 71.7 cm³/mol. The molecule has 0 aliphatic heterocycles. The van der Waals surface area contributed by atoms with Crippen molar-refractivity contribution < 1.29 is 9.53 Å². The molecule has 0 unspecified atom stereocenters. The zero-order valence-electron chi connectivity index (χ0n) is 10.5. The molecule has 0 aliphatic carbocycles. The number of carbonyl (C=O) groups is 1. The monoisotopic (exact) mass is 273 g/mol. The summed E-state index contributed by atoms with van der Waals surface area (Å²) in [5.41, 5.74) is 3.37. The second-order valence-corrected chi connectivity index (χ2v) is 3.67. The maximum atomic E-state index is 11.2. The molecule has 8 nitrogen and oxygen atoms in total. The fraction of sp³-hybridized carbons (Fsp3) is 0.0833. The van der Waals surface area contributed by atoms with Crippen LogP contribution in [0.1, 0.15) is 15.9 Å². The van der Waals surface area contributed by atoms with E-state index in [1.807, 2.05) is 0 Å². The molecule has 0 spiro atoms. The summed E-state index contributed by atoms with van der Waals surface area (Å²) in [4.78, 5) is 24.6. The number of hydrogen-bond acceptors (Lipinski definition) is 7. The second kappa shape index (κ2) is 6.23. The van der Waals surface area contributed by atoms with Crippen LogP contribution in [-0.2, 0) is 4.74 Å². The Labute approximate surface area is 113 Å². The number of rotatable bonds is 4. The van der Waals surface area contributed by atoms with Crippen molar-refractivity contribution in [2.75, 3.05) is 12.5 Å². The first kappa shape index (κ1) is 13.4. The van der Waals surface area contributed by atoms with Crippen molar-refractivity contribution in [3.63, 3.8) is 0 Å². The van der Waals surface area contributed by atoms with Crippen LogP contribution in [0.4, 0.5) is 5.95 Å². The van der Waals surface area contributed by atoms with Gasteiger partial charge in [0.15, 0.2) is 0 Å². The molecule has 102 valence electrons. The number of hydrogen-bond donors (Lipinski definition) is 2. The first-order valence-corrected chi connectivity index (χ1v) is 5.58. The number of benzene rings is 1. The molecule has 2 rings (SSSR count). The van der Waals surface area contributed by atoms with Crippen molar-refractivity contribution in [3.8, 4) is 0 Å². The summed E-state index contributed by atoms with van der Waals surface area (Å²) in [6, 6.07) is 6.66. The van der Waals surface area contributed by atoms with Crippen LogP contribution in [0.3, 0.4) is 0 Å². The number of ether oxygens (including phenoxy) is 1. The molecule has 0 fully saturated rings. The van der Waals surface area contributed by atoms with Crippen LogP contribution in [0.25, 0.3) is 0 Å². The fourth-order valence-corrected chi connectivity index (χ4v) is 1.35. The lowest BCUT2D eigenvalue weighted by molar-refractivity contribution is 0.0601. The van der Waals surface area contributed by atoms with Crippen LogP contribution in [0.2, 0.25) is 0 Å². The van der Waals surface area contributed by atoms with Gasteiger partial charge < -0.3 is 4.74 Å². The molecule has 1 aromatic heterocycles. The topological polar surface area (TPSA) is 109 Å². The maximum Gasteiger partial charge on any atom is 0.337 e. The molecular formula is C12H11N5O3. The molecule has 0 radical (unpaired) electrons. The SMILES string of the molecule is COC(=O)c1ccc(/C=N/Nc2nncc(=O)[nH]2)cc1. The third-order valence-electron chi connectivity index (χ3n) is 2.29. The average molecular weight is 273 g/mol. The lowest BCUT2D eigenvalue weighted by Gasteiger charge is -1.99. The highest BCUT2D eigenvalue weighted by Crippen LogP contribution is 2.04. The third kappa shape index (κ3) is 3.48. The van der Waals surface area contributed by atoms with Crippen LogP contribution in [0.5, 0.6) is 0 Å². The van der Waals surface area contributed by atoms with E-state index in [0.29, 0.717) is 5.56 Å². The predicted octanol–water partition coefficient (Wildman–Crippen LogP) is 0.397. The van der Waals surface area contributed by atoms with E-state index < -0.39 is 5.97 Å². The molecule has 0 saturated carbocycles. The molecule has 2 aromatic rings. The standard InChI is InChI=1S/C12H11N5O3/c1-20-11(19)9-4-2-8(3-5-9)6-13-16-12-15-10(18)7-14-17-12/h2-7H,1H3,(H2,15,16,17,18)/b13-6+. The van der Waals surface area contributed by atoms with Gasteiger partial charge in [0.1, 0.15) is 6.20 Å². The average Bonchev–Trinajstić information content (AvgIpc) is 2.47. The van der Waals surface area contributed by atoms with Crippen molar-refractivity contribution in [1.82, 2.24) is 15.2 Å².